The number of ether oxygens (including phenoxy) is 1. The Morgan fingerprint density at radius 3 is 2.21 bits per heavy atom. The summed E-state index contributed by atoms with van der Waals surface area (Å²) in [5.41, 5.74) is 3.72. The Morgan fingerprint density at radius 1 is 1.00 bits per heavy atom. The molecule has 0 saturated heterocycles. The van der Waals surface area contributed by atoms with Gasteiger partial charge in [-0.15, -0.1) is 13.2 Å². The van der Waals surface area contributed by atoms with Gasteiger partial charge in [0.05, 0.1) is 5.69 Å². The zero-order valence-corrected chi connectivity index (χ0v) is 15.3. The molecule has 0 aliphatic carbocycles. The molecule has 2 aromatic carbocycles. The van der Waals surface area contributed by atoms with Crippen LogP contribution >= 0.6 is 0 Å². The van der Waals surface area contributed by atoms with Crippen LogP contribution in [0.4, 0.5) is 24.7 Å². The van der Waals surface area contributed by atoms with Crippen LogP contribution in [0.25, 0.3) is 17.0 Å². The first kappa shape index (κ1) is 19.4. The molecular weight excluding hydrogens is 367 g/mol. The quantitative estimate of drug-likeness (QED) is 0.574. The maximum atomic E-state index is 12.3. The summed E-state index contributed by atoms with van der Waals surface area (Å²) in [6, 6.07) is 15.0. The second kappa shape index (κ2) is 7.72. The summed E-state index contributed by atoms with van der Waals surface area (Å²) in [4.78, 5) is 9.19. The van der Waals surface area contributed by atoms with Crippen molar-refractivity contribution in [2.45, 2.75) is 20.2 Å². The summed E-state index contributed by atoms with van der Waals surface area (Å²) < 4.78 is 40.8. The number of hydrogen-bond donors (Lipinski definition) is 1. The van der Waals surface area contributed by atoms with Crippen LogP contribution in [0.2, 0.25) is 0 Å². The Kier molecular flexibility index (Phi) is 5.35. The number of benzene rings is 2. The van der Waals surface area contributed by atoms with E-state index in [0.29, 0.717) is 23.0 Å². The standard InChI is InChI=1S/C21H18F3N3O/c1-13(2)18-14(3)19(27-20(26-18)15-7-5-4-6-8-15)25-16-9-11-17(12-10-16)28-21(22,23)24/h4-12H,1H2,2-3H3,(H,25,26,27). The van der Waals surface area contributed by atoms with Crippen molar-refractivity contribution in [3.63, 3.8) is 0 Å². The highest BCUT2D eigenvalue weighted by molar-refractivity contribution is 5.72. The van der Waals surface area contributed by atoms with E-state index in [2.05, 4.69) is 26.6 Å². The second-order valence-corrected chi connectivity index (χ2v) is 6.21. The van der Waals surface area contributed by atoms with Crippen molar-refractivity contribution < 1.29 is 17.9 Å². The van der Waals surface area contributed by atoms with Crippen LogP contribution in [0.5, 0.6) is 5.75 Å². The van der Waals surface area contributed by atoms with E-state index >= 15 is 0 Å². The van der Waals surface area contributed by atoms with Gasteiger partial charge in [0, 0.05) is 16.8 Å². The molecule has 0 fully saturated rings. The third-order valence-electron chi connectivity index (χ3n) is 3.93. The van der Waals surface area contributed by atoms with Gasteiger partial charge in [-0.1, -0.05) is 36.9 Å². The normalized spacial score (nSPS) is 11.2. The van der Waals surface area contributed by atoms with Crippen molar-refractivity contribution in [2.75, 3.05) is 5.32 Å². The number of halogens is 3. The molecule has 1 N–H and O–H groups in total. The number of hydrogen-bond acceptors (Lipinski definition) is 4. The molecule has 0 unspecified atom stereocenters. The van der Waals surface area contributed by atoms with Gasteiger partial charge in [0.1, 0.15) is 11.6 Å². The molecule has 0 aliphatic heterocycles. The van der Waals surface area contributed by atoms with Crippen molar-refractivity contribution in [3.05, 3.63) is 72.4 Å². The van der Waals surface area contributed by atoms with Gasteiger partial charge < -0.3 is 10.1 Å². The number of nitrogens with zero attached hydrogens (tertiary/aromatic N) is 2. The van der Waals surface area contributed by atoms with E-state index in [1.54, 1.807) is 0 Å². The number of rotatable bonds is 5. The van der Waals surface area contributed by atoms with Crippen molar-refractivity contribution in [1.29, 1.82) is 0 Å². The third kappa shape index (κ3) is 4.68. The molecule has 0 bridgehead atoms. The molecule has 0 aliphatic rings. The Balaban J connectivity index is 1.95. The number of nitrogens with one attached hydrogen (secondary N) is 1. The van der Waals surface area contributed by atoms with E-state index in [1.807, 2.05) is 44.2 Å². The second-order valence-electron chi connectivity index (χ2n) is 6.21. The summed E-state index contributed by atoms with van der Waals surface area (Å²) in [7, 11) is 0. The molecule has 28 heavy (non-hydrogen) atoms. The van der Waals surface area contributed by atoms with Crippen LogP contribution < -0.4 is 10.1 Å². The lowest BCUT2D eigenvalue weighted by Crippen LogP contribution is -2.17. The van der Waals surface area contributed by atoms with Crippen molar-refractivity contribution in [1.82, 2.24) is 9.97 Å². The first-order valence-corrected chi connectivity index (χ1v) is 8.46. The lowest BCUT2D eigenvalue weighted by atomic mass is 10.1. The minimum absolute atomic E-state index is 0.287. The minimum atomic E-state index is -4.72. The van der Waals surface area contributed by atoms with Crippen LogP contribution in [0.3, 0.4) is 0 Å². The van der Waals surface area contributed by atoms with Gasteiger partial charge in [0.15, 0.2) is 5.82 Å². The van der Waals surface area contributed by atoms with Crippen LogP contribution in [-0.4, -0.2) is 16.3 Å². The number of aromatic nitrogens is 2. The largest absolute Gasteiger partial charge is 0.573 e. The Morgan fingerprint density at radius 2 is 1.64 bits per heavy atom. The fourth-order valence-corrected chi connectivity index (χ4v) is 2.65. The highest BCUT2D eigenvalue weighted by Gasteiger charge is 2.30. The third-order valence-corrected chi connectivity index (χ3v) is 3.93. The highest BCUT2D eigenvalue weighted by Crippen LogP contribution is 2.29. The molecule has 4 nitrogen and oxygen atoms in total. The van der Waals surface area contributed by atoms with Crippen LogP contribution in [0.15, 0.2) is 61.2 Å². The van der Waals surface area contributed by atoms with Crippen LogP contribution in [0.1, 0.15) is 18.2 Å². The Bertz CT molecular complexity index is 984. The fraction of sp³-hybridized carbons (Fsp3) is 0.143. The molecule has 0 radical (unpaired) electrons. The van der Waals surface area contributed by atoms with Gasteiger partial charge in [-0.05, 0) is 43.7 Å². The highest BCUT2D eigenvalue weighted by atomic mass is 19.4. The fourth-order valence-electron chi connectivity index (χ4n) is 2.65. The van der Waals surface area contributed by atoms with Gasteiger partial charge in [-0.25, -0.2) is 9.97 Å². The SMILES string of the molecule is C=C(C)c1nc(-c2ccccc2)nc(Nc2ccc(OC(F)(F)F)cc2)c1C. The monoisotopic (exact) mass is 385 g/mol. The Labute approximate surface area is 160 Å². The zero-order chi connectivity index (χ0) is 20.3. The van der Waals surface area contributed by atoms with Crippen LogP contribution in [0, 0.1) is 6.92 Å². The lowest BCUT2D eigenvalue weighted by molar-refractivity contribution is -0.274. The summed E-state index contributed by atoms with van der Waals surface area (Å²) >= 11 is 0. The van der Waals surface area contributed by atoms with E-state index in [4.69, 9.17) is 0 Å². The predicted molar refractivity (Wildman–Crippen MR) is 103 cm³/mol. The molecule has 7 heteroatoms. The molecule has 1 heterocycles. The predicted octanol–water partition coefficient (Wildman–Crippen LogP) is 6.13. The molecule has 0 spiro atoms. The average Bonchev–Trinajstić information content (AvgIpc) is 2.64. The van der Waals surface area contributed by atoms with E-state index in [0.717, 1.165) is 16.7 Å². The number of allylic oxidation sites excluding steroid dienone is 1. The molecule has 3 rings (SSSR count). The van der Waals surface area contributed by atoms with Gasteiger partial charge in [0.2, 0.25) is 0 Å². The summed E-state index contributed by atoms with van der Waals surface area (Å²) in [6.45, 7) is 7.70. The van der Waals surface area contributed by atoms with E-state index in [1.165, 1.54) is 24.3 Å². The number of alkyl halides is 3. The maximum absolute atomic E-state index is 12.3. The molecule has 3 aromatic rings. The molecule has 144 valence electrons. The molecule has 0 saturated carbocycles. The summed E-state index contributed by atoms with van der Waals surface area (Å²) in [5, 5.41) is 3.14. The molecular formula is C21H18F3N3O. The smallest absolute Gasteiger partial charge is 0.406 e. The van der Waals surface area contributed by atoms with Gasteiger partial charge in [0.25, 0.3) is 0 Å². The van der Waals surface area contributed by atoms with Crippen molar-refractivity contribution >= 4 is 17.1 Å². The average molecular weight is 385 g/mol. The topological polar surface area (TPSA) is 47.0 Å². The van der Waals surface area contributed by atoms with Gasteiger partial charge in [-0.2, -0.15) is 0 Å². The first-order chi connectivity index (χ1) is 13.2. The Hall–Kier alpha value is -3.35. The van der Waals surface area contributed by atoms with E-state index in [9.17, 15) is 13.2 Å². The van der Waals surface area contributed by atoms with Crippen molar-refractivity contribution in [2.24, 2.45) is 0 Å². The first-order valence-electron chi connectivity index (χ1n) is 8.46. The number of anilines is 2. The van der Waals surface area contributed by atoms with Crippen molar-refractivity contribution in [3.8, 4) is 17.1 Å². The molecule has 0 atom stereocenters. The van der Waals surface area contributed by atoms with Gasteiger partial charge in [-0.3, -0.25) is 0 Å². The van der Waals surface area contributed by atoms with E-state index in [-0.39, 0.29) is 5.75 Å². The molecule has 1 aromatic heterocycles. The van der Waals surface area contributed by atoms with Gasteiger partial charge >= 0.3 is 6.36 Å². The minimum Gasteiger partial charge on any atom is -0.406 e. The zero-order valence-electron chi connectivity index (χ0n) is 15.3. The lowest BCUT2D eigenvalue weighted by Gasteiger charge is -2.15. The van der Waals surface area contributed by atoms with Crippen LogP contribution in [-0.2, 0) is 0 Å². The molecule has 0 amide bonds. The maximum Gasteiger partial charge on any atom is 0.573 e. The summed E-state index contributed by atoms with van der Waals surface area (Å²) in [6.07, 6.45) is -4.72. The van der Waals surface area contributed by atoms with E-state index < -0.39 is 6.36 Å². The summed E-state index contributed by atoms with van der Waals surface area (Å²) in [5.74, 6) is 0.796.